The van der Waals surface area contributed by atoms with Crippen LogP contribution in [0.5, 0.6) is 5.75 Å². The average Bonchev–Trinajstić information content (AvgIpc) is 3.98. The van der Waals surface area contributed by atoms with Gasteiger partial charge in [0, 0.05) is 21.9 Å². The molecule has 5 rings (SSSR count). The maximum Gasteiger partial charge on any atom is 0.328 e. The Kier molecular flexibility index (Phi) is 17.3. The smallest absolute Gasteiger partial charge is 0.328 e. The Morgan fingerprint density at radius 1 is 1.03 bits per heavy atom. The van der Waals surface area contributed by atoms with Crippen LogP contribution in [0.4, 0.5) is 5.82 Å². The summed E-state index contributed by atoms with van der Waals surface area (Å²) in [5.41, 5.74) is 8.47. The quantitative estimate of drug-likeness (QED) is 0.0445. The van der Waals surface area contributed by atoms with Gasteiger partial charge in [-0.25, -0.2) is 14.8 Å². The van der Waals surface area contributed by atoms with Crippen molar-refractivity contribution in [1.82, 2.24) is 31.2 Å². The first kappa shape index (κ1) is 45.9. The molecule has 0 unspecified atom stereocenters. The molecule has 0 spiro atoms. The van der Waals surface area contributed by atoms with Gasteiger partial charge in [-0.3, -0.25) is 14.4 Å². The summed E-state index contributed by atoms with van der Waals surface area (Å²) >= 11 is 7.21. The molecule has 1 fully saturated rings. The molecule has 1 aliphatic rings. The first-order chi connectivity index (χ1) is 29.5. The fraction of sp³-hybridized carbons (Fsp3) is 0.381. The molecule has 0 radical (unpaired) electrons. The lowest BCUT2D eigenvalue weighted by Crippen LogP contribution is -2.45. The number of carbonyl (C=O) groups excluding carboxylic acids is 4. The number of hydrogen-bond acceptors (Lipinski definition) is 16. The van der Waals surface area contributed by atoms with E-state index >= 15 is 0 Å². The lowest BCUT2D eigenvalue weighted by molar-refractivity contribution is -0.161. The third kappa shape index (κ3) is 13.4. The zero-order valence-corrected chi connectivity index (χ0v) is 35.2. The molecule has 2 amide bonds. The van der Waals surface area contributed by atoms with E-state index in [1.807, 2.05) is 6.92 Å². The number of esters is 2. The molecule has 1 saturated heterocycles. The number of aromatic nitrogens is 2. The number of nitrogens with zero attached hydrogens (tertiary/aromatic N) is 4. The zero-order chi connectivity index (χ0) is 43.7. The fourth-order valence-electron chi connectivity index (χ4n) is 6.03. The van der Waals surface area contributed by atoms with E-state index in [1.165, 1.54) is 24.9 Å². The number of thioether (sulfide) groups is 1. The van der Waals surface area contributed by atoms with E-state index in [2.05, 4.69) is 43.4 Å². The van der Waals surface area contributed by atoms with Gasteiger partial charge in [0.25, 0.3) is 0 Å². The molecule has 320 valence electrons. The standard InChI is InChI=1S/C42H46ClN9O8S/c1-3-4-15-47-19-35(53)50-25(2)42(56)59-23-31(60-36(54)20-49-39(55)34-6-5-16-48-34)22-57-30-13-9-26(10-14-30)37-32(17-44)38(46)52-41(33(37)18-45)61-24-29-21-58-40(51-29)27-7-11-28(43)12-8-27/h7-14,21,25,31,34,47-48H,3-6,15-16,19-20,22-24H2,1-2H3,(H2,46,52)(H,49,55)(H,50,53)/t25-,31-,34-/m0/s1. The van der Waals surface area contributed by atoms with Crippen LogP contribution in [-0.4, -0.2) is 91.3 Å². The molecular formula is C42H46ClN9O8S. The number of halogens is 1. The highest BCUT2D eigenvalue weighted by Gasteiger charge is 2.26. The van der Waals surface area contributed by atoms with Gasteiger partial charge in [-0.1, -0.05) is 48.8 Å². The summed E-state index contributed by atoms with van der Waals surface area (Å²) in [4.78, 5) is 59.3. The Hall–Kier alpha value is -6.18. The van der Waals surface area contributed by atoms with Gasteiger partial charge in [0.2, 0.25) is 17.7 Å². The number of nitriles is 2. The molecule has 3 heterocycles. The first-order valence-corrected chi connectivity index (χ1v) is 20.9. The highest BCUT2D eigenvalue weighted by atomic mass is 35.5. The van der Waals surface area contributed by atoms with E-state index in [0.717, 1.165) is 24.8 Å². The zero-order valence-electron chi connectivity index (χ0n) is 33.6. The van der Waals surface area contributed by atoms with Crippen LogP contribution in [0.2, 0.25) is 5.02 Å². The van der Waals surface area contributed by atoms with Crippen molar-refractivity contribution >= 4 is 52.9 Å². The number of nitrogens with two attached hydrogens (primary N) is 1. The Labute approximate surface area is 362 Å². The highest BCUT2D eigenvalue weighted by Crippen LogP contribution is 2.37. The summed E-state index contributed by atoms with van der Waals surface area (Å²) < 4.78 is 22.5. The van der Waals surface area contributed by atoms with Crippen molar-refractivity contribution in [2.24, 2.45) is 0 Å². The number of anilines is 1. The van der Waals surface area contributed by atoms with E-state index < -0.39 is 43.3 Å². The molecule has 2 aromatic heterocycles. The number of benzene rings is 2. The van der Waals surface area contributed by atoms with Crippen molar-refractivity contribution in [3.63, 3.8) is 0 Å². The van der Waals surface area contributed by atoms with Gasteiger partial charge in [-0.05, 0) is 81.2 Å². The molecule has 4 aromatic rings. The molecule has 17 nitrogen and oxygen atoms in total. The maximum atomic E-state index is 12.8. The number of oxazole rings is 1. The normalized spacial score (nSPS) is 14.2. The number of pyridine rings is 1. The number of nitrogen functional groups attached to an aromatic ring is 1. The Morgan fingerprint density at radius 2 is 1.77 bits per heavy atom. The number of nitrogens with one attached hydrogen (secondary N) is 4. The Balaban J connectivity index is 1.25. The second-order valence-electron chi connectivity index (χ2n) is 13.9. The van der Waals surface area contributed by atoms with Crippen LogP contribution in [0.25, 0.3) is 22.6 Å². The lowest BCUT2D eigenvalue weighted by Gasteiger charge is -2.21. The highest BCUT2D eigenvalue weighted by molar-refractivity contribution is 7.98. The molecule has 1 aliphatic heterocycles. The summed E-state index contributed by atoms with van der Waals surface area (Å²) in [6.45, 7) is 3.80. The van der Waals surface area contributed by atoms with Crippen LogP contribution in [0.3, 0.4) is 0 Å². The summed E-state index contributed by atoms with van der Waals surface area (Å²) in [5.74, 6) is -1.32. The third-order valence-electron chi connectivity index (χ3n) is 9.21. The lowest BCUT2D eigenvalue weighted by atomic mass is 9.97. The SMILES string of the molecule is CCCCNCC(=O)N[C@@H](C)C(=O)OC[C@H](COc1ccc(-c2c(C#N)c(N)nc(SCc3coc(-c4ccc(Cl)cc4)n3)c2C#N)cc1)OC(=O)CNC(=O)[C@@H]1CCCN1. The summed E-state index contributed by atoms with van der Waals surface area (Å²) in [6.07, 6.45) is 3.76. The van der Waals surface area contributed by atoms with E-state index in [4.69, 9.17) is 36.0 Å². The van der Waals surface area contributed by atoms with Gasteiger partial charge in [-0.15, -0.1) is 0 Å². The van der Waals surface area contributed by atoms with Gasteiger partial charge >= 0.3 is 11.9 Å². The topological polar surface area (TPSA) is 257 Å². The molecule has 0 saturated carbocycles. The van der Waals surface area contributed by atoms with Crippen molar-refractivity contribution in [1.29, 1.82) is 10.5 Å². The fourth-order valence-corrected chi connectivity index (χ4v) is 7.03. The molecule has 0 bridgehead atoms. The van der Waals surface area contributed by atoms with E-state index in [9.17, 15) is 29.7 Å². The minimum absolute atomic E-state index is 0.0174. The van der Waals surface area contributed by atoms with Crippen LogP contribution in [0.15, 0.2) is 64.2 Å². The second kappa shape index (κ2) is 23.0. The molecule has 61 heavy (non-hydrogen) atoms. The monoisotopic (exact) mass is 871 g/mol. The number of amides is 2. The maximum absolute atomic E-state index is 12.8. The first-order valence-electron chi connectivity index (χ1n) is 19.6. The number of unbranched alkanes of at least 4 members (excludes halogenated alkanes) is 1. The van der Waals surface area contributed by atoms with Crippen LogP contribution in [0.1, 0.15) is 56.4 Å². The van der Waals surface area contributed by atoms with Gasteiger partial charge < -0.3 is 45.6 Å². The van der Waals surface area contributed by atoms with Gasteiger partial charge in [0.05, 0.1) is 23.8 Å². The van der Waals surface area contributed by atoms with Crippen molar-refractivity contribution in [2.75, 3.05) is 45.1 Å². The van der Waals surface area contributed by atoms with E-state index in [0.29, 0.717) is 47.4 Å². The van der Waals surface area contributed by atoms with Crippen LogP contribution in [0, 0.1) is 22.7 Å². The van der Waals surface area contributed by atoms with Crippen LogP contribution in [-0.2, 0) is 34.4 Å². The molecular weight excluding hydrogens is 826 g/mol. The number of hydrogen-bond donors (Lipinski definition) is 5. The second-order valence-corrected chi connectivity index (χ2v) is 15.3. The van der Waals surface area contributed by atoms with Crippen LogP contribution < -0.4 is 31.7 Å². The largest absolute Gasteiger partial charge is 0.490 e. The summed E-state index contributed by atoms with van der Waals surface area (Å²) in [6, 6.07) is 16.3. The third-order valence-corrected chi connectivity index (χ3v) is 10.5. The van der Waals surface area contributed by atoms with E-state index in [1.54, 1.807) is 48.5 Å². The molecule has 2 aromatic carbocycles. The average molecular weight is 872 g/mol. The molecule has 6 N–H and O–H groups in total. The minimum atomic E-state index is -1.11. The van der Waals surface area contributed by atoms with Crippen molar-refractivity contribution in [3.05, 3.63) is 76.6 Å². The van der Waals surface area contributed by atoms with Crippen LogP contribution >= 0.6 is 23.4 Å². The van der Waals surface area contributed by atoms with Gasteiger partial charge in [-0.2, -0.15) is 10.5 Å². The van der Waals surface area contributed by atoms with Gasteiger partial charge in [0.1, 0.15) is 66.4 Å². The minimum Gasteiger partial charge on any atom is -0.490 e. The van der Waals surface area contributed by atoms with E-state index in [-0.39, 0.29) is 58.3 Å². The summed E-state index contributed by atoms with van der Waals surface area (Å²) in [7, 11) is 0. The van der Waals surface area contributed by atoms with Crippen molar-refractivity contribution in [2.45, 2.75) is 68.5 Å². The van der Waals surface area contributed by atoms with Crippen molar-refractivity contribution < 1.29 is 37.8 Å². The molecule has 19 heteroatoms. The Bertz CT molecular complexity index is 2240. The predicted octanol–water partition coefficient (Wildman–Crippen LogP) is 4.27. The Morgan fingerprint density at radius 3 is 2.46 bits per heavy atom. The number of ether oxygens (including phenoxy) is 3. The summed E-state index contributed by atoms with van der Waals surface area (Å²) in [5, 5.41) is 32.4. The predicted molar refractivity (Wildman–Crippen MR) is 226 cm³/mol. The molecule has 3 atom stereocenters. The van der Waals surface area contributed by atoms with Crippen molar-refractivity contribution in [3.8, 4) is 40.5 Å². The number of rotatable bonds is 21. The molecule has 0 aliphatic carbocycles. The number of carbonyl (C=O) groups is 4. The van der Waals surface area contributed by atoms with Gasteiger partial charge in [0.15, 0.2) is 6.10 Å².